The van der Waals surface area contributed by atoms with Crippen LogP contribution in [0.25, 0.3) is 5.82 Å². The van der Waals surface area contributed by atoms with Crippen LogP contribution in [0.1, 0.15) is 10.4 Å². The van der Waals surface area contributed by atoms with Gasteiger partial charge in [-0.05, 0) is 12.1 Å². The first-order valence-electron chi connectivity index (χ1n) is 7.44. The van der Waals surface area contributed by atoms with E-state index in [0.717, 1.165) is 0 Å². The first-order valence-corrected chi connectivity index (χ1v) is 7.44. The van der Waals surface area contributed by atoms with Gasteiger partial charge >= 0.3 is 0 Å². The second-order valence-corrected chi connectivity index (χ2v) is 4.97. The molecular weight excluding hydrogens is 340 g/mol. The highest BCUT2D eigenvalue weighted by molar-refractivity contribution is 6.04. The maximum absolute atomic E-state index is 12.6. The molecular formula is C16H16N6O4. The minimum atomic E-state index is -0.396. The second-order valence-electron chi connectivity index (χ2n) is 4.97. The summed E-state index contributed by atoms with van der Waals surface area (Å²) in [6.45, 7) is 0. The Labute approximate surface area is 148 Å². The molecule has 1 N–H and O–H groups in total. The number of carbonyl (C=O) groups excluding carboxylic acids is 1. The number of carbonyl (C=O) groups is 1. The molecule has 0 unspecified atom stereocenters. The highest BCUT2D eigenvalue weighted by atomic mass is 16.5. The van der Waals surface area contributed by atoms with Crippen molar-refractivity contribution in [3.8, 4) is 23.1 Å². The van der Waals surface area contributed by atoms with E-state index in [4.69, 9.17) is 14.2 Å². The number of benzene rings is 1. The lowest BCUT2D eigenvalue weighted by Crippen LogP contribution is -2.14. The van der Waals surface area contributed by atoms with Gasteiger partial charge in [0.15, 0.2) is 17.3 Å². The zero-order chi connectivity index (χ0) is 18.5. The molecule has 1 amide bonds. The van der Waals surface area contributed by atoms with Crippen molar-refractivity contribution < 1.29 is 19.0 Å². The Morgan fingerprint density at radius 2 is 1.73 bits per heavy atom. The largest absolute Gasteiger partial charge is 0.493 e. The summed E-state index contributed by atoms with van der Waals surface area (Å²) in [5, 5.41) is 6.68. The first-order chi connectivity index (χ1) is 12.7. The minimum Gasteiger partial charge on any atom is -0.493 e. The fourth-order valence-electron chi connectivity index (χ4n) is 2.27. The predicted octanol–water partition coefficient (Wildman–Crippen LogP) is 1.34. The number of methoxy groups -OCH3 is 3. The number of anilines is 1. The van der Waals surface area contributed by atoms with Gasteiger partial charge in [0, 0.05) is 11.6 Å². The minimum absolute atomic E-state index is 0.309. The van der Waals surface area contributed by atoms with Crippen LogP contribution in [0.4, 0.5) is 5.82 Å². The van der Waals surface area contributed by atoms with Crippen LogP contribution in [0, 0.1) is 0 Å². The molecule has 134 valence electrons. The van der Waals surface area contributed by atoms with Crippen LogP contribution in [0.3, 0.4) is 0 Å². The van der Waals surface area contributed by atoms with E-state index >= 15 is 0 Å². The lowest BCUT2D eigenvalue weighted by molar-refractivity contribution is 0.102. The monoisotopic (exact) mass is 356 g/mol. The van der Waals surface area contributed by atoms with E-state index in [-0.39, 0.29) is 0 Å². The number of rotatable bonds is 6. The van der Waals surface area contributed by atoms with Crippen LogP contribution < -0.4 is 19.5 Å². The molecule has 26 heavy (non-hydrogen) atoms. The molecule has 3 aromatic rings. The molecule has 0 saturated carbocycles. The van der Waals surface area contributed by atoms with Crippen LogP contribution in [-0.4, -0.2) is 52.0 Å². The van der Waals surface area contributed by atoms with E-state index in [1.54, 1.807) is 18.2 Å². The highest BCUT2D eigenvalue weighted by Crippen LogP contribution is 2.38. The Morgan fingerprint density at radius 1 is 1.00 bits per heavy atom. The fraction of sp³-hybridized carbons (Fsp3) is 0.188. The third-order valence-electron chi connectivity index (χ3n) is 3.47. The summed E-state index contributed by atoms with van der Waals surface area (Å²) in [5.74, 6) is 1.54. The average molecular weight is 356 g/mol. The smallest absolute Gasteiger partial charge is 0.257 e. The molecule has 10 nitrogen and oxygen atoms in total. The molecule has 0 saturated heterocycles. The summed E-state index contributed by atoms with van der Waals surface area (Å²) < 4.78 is 17.2. The van der Waals surface area contributed by atoms with Gasteiger partial charge in [-0.15, -0.1) is 0 Å². The van der Waals surface area contributed by atoms with E-state index < -0.39 is 5.91 Å². The zero-order valence-electron chi connectivity index (χ0n) is 14.3. The number of nitrogens with zero attached hydrogens (tertiary/aromatic N) is 5. The van der Waals surface area contributed by atoms with Gasteiger partial charge in [-0.3, -0.25) is 4.79 Å². The molecule has 0 aliphatic heterocycles. The zero-order valence-corrected chi connectivity index (χ0v) is 14.3. The van der Waals surface area contributed by atoms with Gasteiger partial charge in [-0.2, -0.15) is 5.10 Å². The van der Waals surface area contributed by atoms with Crippen LogP contribution in [0.2, 0.25) is 0 Å². The summed E-state index contributed by atoms with van der Waals surface area (Å²) in [7, 11) is 4.45. The standard InChI is InChI=1S/C16H16N6O4/c1-24-11-4-10(5-12(25-2)15(11)26-3)16(23)21-13-6-14(19-8-18-13)22-9-17-7-20-22/h4-9H,1-3H3,(H,18,19,21,23). The van der Waals surface area contributed by atoms with Crippen molar-refractivity contribution in [1.82, 2.24) is 24.7 Å². The van der Waals surface area contributed by atoms with Crippen molar-refractivity contribution in [3.63, 3.8) is 0 Å². The summed E-state index contributed by atoms with van der Waals surface area (Å²) in [6, 6.07) is 4.68. The lowest BCUT2D eigenvalue weighted by atomic mass is 10.1. The number of nitrogens with one attached hydrogen (secondary N) is 1. The number of hydrogen-bond donors (Lipinski definition) is 1. The molecule has 0 spiro atoms. The van der Waals surface area contributed by atoms with Crippen molar-refractivity contribution in [2.24, 2.45) is 0 Å². The molecule has 3 rings (SSSR count). The molecule has 0 aliphatic carbocycles. The Hall–Kier alpha value is -3.69. The summed E-state index contributed by atoms with van der Waals surface area (Å²) >= 11 is 0. The SMILES string of the molecule is COc1cc(C(=O)Nc2cc(-n3cncn3)ncn2)cc(OC)c1OC. The van der Waals surface area contributed by atoms with Crippen LogP contribution in [-0.2, 0) is 0 Å². The molecule has 2 aromatic heterocycles. The molecule has 10 heteroatoms. The quantitative estimate of drug-likeness (QED) is 0.704. The Balaban J connectivity index is 1.88. The number of ether oxygens (including phenoxy) is 3. The van der Waals surface area contributed by atoms with Crippen molar-refractivity contribution in [2.45, 2.75) is 0 Å². The molecule has 1 aromatic carbocycles. The normalized spacial score (nSPS) is 10.3. The van der Waals surface area contributed by atoms with Gasteiger partial charge in [0.25, 0.3) is 5.91 Å². The van der Waals surface area contributed by atoms with Gasteiger partial charge in [-0.1, -0.05) is 0 Å². The number of aromatic nitrogens is 5. The molecule has 0 radical (unpaired) electrons. The Morgan fingerprint density at radius 3 is 2.31 bits per heavy atom. The number of amides is 1. The van der Waals surface area contributed by atoms with Gasteiger partial charge in [-0.25, -0.2) is 19.6 Å². The van der Waals surface area contributed by atoms with E-state index in [1.807, 2.05) is 0 Å². The van der Waals surface area contributed by atoms with E-state index in [0.29, 0.717) is 34.4 Å². The molecule has 0 aliphatic rings. The van der Waals surface area contributed by atoms with Crippen LogP contribution in [0.5, 0.6) is 17.2 Å². The van der Waals surface area contributed by atoms with Gasteiger partial charge in [0.05, 0.1) is 21.3 Å². The lowest BCUT2D eigenvalue weighted by Gasteiger charge is -2.14. The maximum Gasteiger partial charge on any atom is 0.257 e. The molecule has 2 heterocycles. The summed E-state index contributed by atoms with van der Waals surface area (Å²) in [6.07, 6.45) is 4.20. The highest BCUT2D eigenvalue weighted by Gasteiger charge is 2.17. The number of hydrogen-bond acceptors (Lipinski definition) is 8. The third kappa shape index (κ3) is 3.38. The first kappa shape index (κ1) is 17.1. The van der Waals surface area contributed by atoms with Crippen molar-refractivity contribution >= 4 is 11.7 Å². The molecule has 0 fully saturated rings. The van der Waals surface area contributed by atoms with Crippen molar-refractivity contribution in [1.29, 1.82) is 0 Å². The van der Waals surface area contributed by atoms with Crippen molar-refractivity contribution in [3.05, 3.63) is 42.7 Å². The van der Waals surface area contributed by atoms with Crippen LogP contribution in [0.15, 0.2) is 37.2 Å². The van der Waals surface area contributed by atoms with Gasteiger partial charge < -0.3 is 19.5 Å². The van der Waals surface area contributed by atoms with E-state index in [1.165, 1.54) is 45.0 Å². The second kappa shape index (κ2) is 7.47. The average Bonchev–Trinajstić information content (AvgIpc) is 3.21. The maximum atomic E-state index is 12.6. The predicted molar refractivity (Wildman–Crippen MR) is 91.0 cm³/mol. The Bertz CT molecular complexity index is 888. The van der Waals surface area contributed by atoms with Crippen LogP contribution >= 0.6 is 0 Å². The molecule has 0 bridgehead atoms. The molecule has 0 atom stereocenters. The van der Waals surface area contributed by atoms with Gasteiger partial charge in [0.2, 0.25) is 5.75 Å². The fourth-order valence-corrected chi connectivity index (χ4v) is 2.27. The van der Waals surface area contributed by atoms with E-state index in [2.05, 4.69) is 25.4 Å². The topological polar surface area (TPSA) is 113 Å². The summed E-state index contributed by atoms with van der Waals surface area (Å²) in [4.78, 5) is 24.6. The van der Waals surface area contributed by atoms with Gasteiger partial charge in [0.1, 0.15) is 24.8 Å². The van der Waals surface area contributed by atoms with Crippen molar-refractivity contribution in [2.75, 3.05) is 26.6 Å². The van der Waals surface area contributed by atoms with E-state index in [9.17, 15) is 4.79 Å². The third-order valence-corrected chi connectivity index (χ3v) is 3.47. The summed E-state index contributed by atoms with van der Waals surface area (Å²) in [5.41, 5.74) is 0.320. The Kier molecular flexibility index (Phi) is 4.92.